The predicted octanol–water partition coefficient (Wildman–Crippen LogP) is 6.26. The number of ether oxygens (including phenoxy) is 1. The summed E-state index contributed by atoms with van der Waals surface area (Å²) in [5.41, 5.74) is 0.798. The monoisotopic (exact) mass is 523 g/mol. The zero-order chi connectivity index (χ0) is 20.9. The van der Waals surface area contributed by atoms with E-state index in [1.165, 1.54) is 0 Å². The molecule has 0 amide bonds. The number of carboxylic acid groups (broad SMARTS) is 1. The Kier molecular flexibility index (Phi) is 7.77. The van der Waals surface area contributed by atoms with Gasteiger partial charge in [0.2, 0.25) is 0 Å². The minimum absolute atomic E-state index is 0.00345. The molecule has 2 aromatic carbocycles. The van der Waals surface area contributed by atoms with Gasteiger partial charge in [-0.2, -0.15) is 13.2 Å². The van der Waals surface area contributed by atoms with Crippen LogP contribution in [-0.2, 0) is 24.0 Å². The molecule has 0 aliphatic rings. The second kappa shape index (κ2) is 9.65. The molecule has 0 heterocycles. The normalized spacial score (nSPS) is 11.4. The number of anilines is 1. The highest BCUT2D eigenvalue weighted by atomic mass is 79.9. The Hall–Kier alpha value is -1.74. The summed E-state index contributed by atoms with van der Waals surface area (Å²) in [6.07, 6.45) is -4.10. The summed E-state index contributed by atoms with van der Waals surface area (Å²) in [6, 6.07) is 7.21. The molecule has 0 unspecified atom stereocenters. The smallest absolute Gasteiger partial charge is 0.416 e. The van der Waals surface area contributed by atoms with Gasteiger partial charge in [0, 0.05) is 18.7 Å². The van der Waals surface area contributed by atoms with Crippen molar-refractivity contribution in [2.75, 3.05) is 11.9 Å². The number of aryl methyl sites for hydroxylation is 1. The van der Waals surface area contributed by atoms with Gasteiger partial charge in [-0.1, -0.05) is 0 Å². The van der Waals surface area contributed by atoms with Crippen LogP contribution in [-0.4, -0.2) is 17.6 Å². The van der Waals surface area contributed by atoms with Crippen LogP contribution in [0.1, 0.15) is 30.0 Å². The van der Waals surface area contributed by atoms with E-state index in [2.05, 4.69) is 37.2 Å². The fraction of sp³-hybridized carbons (Fsp3) is 0.316. The van der Waals surface area contributed by atoms with E-state index in [0.29, 0.717) is 38.9 Å². The molecule has 0 aromatic heterocycles. The standard InChI is InChI=1S/C19H18Br2F3NO3/c1-2-25-14-6-12(5-13(9-14)19(22,23)24)10-28-18-15(20)7-11(8-16(18)21)3-4-17(26)27/h5-9,25H,2-4,10H2,1H3,(H,26,27). The molecule has 2 aromatic rings. The highest BCUT2D eigenvalue weighted by molar-refractivity contribution is 9.11. The first-order valence-corrected chi connectivity index (χ1v) is 9.96. The third kappa shape index (κ3) is 6.41. The van der Waals surface area contributed by atoms with Crippen molar-refractivity contribution in [3.05, 3.63) is 56.0 Å². The van der Waals surface area contributed by atoms with Gasteiger partial charge >= 0.3 is 12.1 Å². The Morgan fingerprint density at radius 3 is 2.29 bits per heavy atom. The van der Waals surface area contributed by atoms with Crippen molar-refractivity contribution in [1.82, 2.24) is 0 Å². The van der Waals surface area contributed by atoms with E-state index in [0.717, 1.165) is 17.7 Å². The number of carbonyl (C=O) groups is 1. The van der Waals surface area contributed by atoms with Crippen molar-refractivity contribution in [3.63, 3.8) is 0 Å². The van der Waals surface area contributed by atoms with Crippen LogP contribution in [0.25, 0.3) is 0 Å². The fourth-order valence-electron chi connectivity index (χ4n) is 2.55. The number of alkyl halides is 3. The van der Waals surface area contributed by atoms with E-state index in [-0.39, 0.29) is 13.0 Å². The Labute approximate surface area is 177 Å². The highest BCUT2D eigenvalue weighted by Crippen LogP contribution is 2.37. The molecule has 0 saturated heterocycles. The first-order valence-electron chi connectivity index (χ1n) is 8.37. The van der Waals surface area contributed by atoms with Gasteiger partial charge in [0.25, 0.3) is 0 Å². The van der Waals surface area contributed by atoms with E-state index >= 15 is 0 Å². The number of hydrogen-bond acceptors (Lipinski definition) is 3. The molecule has 0 atom stereocenters. The highest BCUT2D eigenvalue weighted by Gasteiger charge is 2.31. The molecule has 0 spiro atoms. The van der Waals surface area contributed by atoms with Crippen LogP contribution >= 0.6 is 31.9 Å². The van der Waals surface area contributed by atoms with Gasteiger partial charge in [0.15, 0.2) is 0 Å². The second-order valence-electron chi connectivity index (χ2n) is 6.02. The lowest BCUT2D eigenvalue weighted by Gasteiger charge is -2.15. The third-order valence-electron chi connectivity index (χ3n) is 3.77. The average Bonchev–Trinajstić information content (AvgIpc) is 2.58. The summed E-state index contributed by atoms with van der Waals surface area (Å²) in [4.78, 5) is 10.7. The molecule has 2 rings (SSSR count). The summed E-state index contributed by atoms with van der Waals surface area (Å²) in [5, 5.41) is 11.7. The van der Waals surface area contributed by atoms with Crippen molar-refractivity contribution in [2.24, 2.45) is 0 Å². The number of carboxylic acids is 1. The van der Waals surface area contributed by atoms with E-state index in [9.17, 15) is 18.0 Å². The minimum atomic E-state index is -4.45. The quantitative estimate of drug-likeness (QED) is 0.428. The van der Waals surface area contributed by atoms with Crippen molar-refractivity contribution in [2.45, 2.75) is 32.5 Å². The third-order valence-corrected chi connectivity index (χ3v) is 4.95. The van der Waals surface area contributed by atoms with Gasteiger partial charge in [-0.25, -0.2) is 0 Å². The summed E-state index contributed by atoms with van der Waals surface area (Å²) >= 11 is 6.74. The number of rotatable bonds is 8. The van der Waals surface area contributed by atoms with Crippen LogP contribution in [0.15, 0.2) is 39.3 Å². The Morgan fingerprint density at radius 2 is 1.75 bits per heavy atom. The number of hydrogen-bond donors (Lipinski definition) is 2. The van der Waals surface area contributed by atoms with Gasteiger partial charge in [0.05, 0.1) is 14.5 Å². The lowest BCUT2D eigenvalue weighted by molar-refractivity contribution is -0.138. The van der Waals surface area contributed by atoms with E-state index < -0.39 is 17.7 Å². The topological polar surface area (TPSA) is 58.6 Å². The lowest BCUT2D eigenvalue weighted by Crippen LogP contribution is -2.09. The molecular formula is C19H18Br2F3NO3. The molecule has 28 heavy (non-hydrogen) atoms. The summed E-state index contributed by atoms with van der Waals surface area (Å²) < 4.78 is 46.3. The molecule has 0 bridgehead atoms. The Morgan fingerprint density at radius 1 is 1.11 bits per heavy atom. The van der Waals surface area contributed by atoms with Gasteiger partial charge < -0.3 is 15.2 Å². The first kappa shape index (κ1) is 22.5. The van der Waals surface area contributed by atoms with Crippen molar-refractivity contribution in [1.29, 1.82) is 0 Å². The SMILES string of the molecule is CCNc1cc(COc2c(Br)cc(CCC(=O)O)cc2Br)cc(C(F)(F)F)c1. The lowest BCUT2D eigenvalue weighted by atomic mass is 10.1. The van der Waals surface area contributed by atoms with Gasteiger partial charge in [-0.15, -0.1) is 0 Å². The van der Waals surface area contributed by atoms with Crippen LogP contribution in [0, 0.1) is 0 Å². The van der Waals surface area contributed by atoms with E-state index in [1.807, 2.05) is 0 Å². The number of nitrogens with one attached hydrogen (secondary N) is 1. The molecule has 0 aliphatic carbocycles. The maximum absolute atomic E-state index is 13.1. The van der Waals surface area contributed by atoms with Gasteiger partial charge in [-0.05, 0) is 86.7 Å². The molecule has 2 N–H and O–H groups in total. The van der Waals surface area contributed by atoms with Crippen LogP contribution in [0.3, 0.4) is 0 Å². The Bertz CT molecular complexity index is 834. The summed E-state index contributed by atoms with van der Waals surface area (Å²) in [5.74, 6) is -0.463. The van der Waals surface area contributed by atoms with Crippen LogP contribution in [0.5, 0.6) is 5.75 Å². The molecule has 0 radical (unpaired) electrons. The maximum atomic E-state index is 13.1. The number of halogens is 5. The van der Waals surface area contributed by atoms with E-state index in [1.54, 1.807) is 25.1 Å². The Balaban J connectivity index is 2.21. The zero-order valence-corrected chi connectivity index (χ0v) is 18.0. The molecule has 152 valence electrons. The first-order chi connectivity index (χ1) is 13.1. The predicted molar refractivity (Wildman–Crippen MR) is 108 cm³/mol. The fourth-order valence-corrected chi connectivity index (χ4v) is 4.06. The van der Waals surface area contributed by atoms with Crippen LogP contribution in [0.2, 0.25) is 0 Å². The zero-order valence-electron chi connectivity index (χ0n) is 14.9. The second-order valence-corrected chi connectivity index (χ2v) is 7.73. The minimum Gasteiger partial charge on any atom is -0.487 e. The molecule has 9 heteroatoms. The van der Waals surface area contributed by atoms with E-state index in [4.69, 9.17) is 9.84 Å². The molecule has 0 saturated carbocycles. The maximum Gasteiger partial charge on any atom is 0.416 e. The van der Waals surface area contributed by atoms with Gasteiger partial charge in [-0.3, -0.25) is 4.79 Å². The summed E-state index contributed by atoms with van der Waals surface area (Å²) in [6.45, 7) is 2.24. The molecule has 0 fully saturated rings. The summed E-state index contributed by atoms with van der Waals surface area (Å²) in [7, 11) is 0. The largest absolute Gasteiger partial charge is 0.487 e. The van der Waals surface area contributed by atoms with Gasteiger partial charge in [0.1, 0.15) is 12.4 Å². The van der Waals surface area contributed by atoms with Crippen LogP contribution < -0.4 is 10.1 Å². The average molecular weight is 525 g/mol. The van der Waals surface area contributed by atoms with Crippen LogP contribution in [0.4, 0.5) is 18.9 Å². The van der Waals surface area contributed by atoms with Crippen molar-refractivity contribution < 1.29 is 27.8 Å². The van der Waals surface area contributed by atoms with Crippen molar-refractivity contribution >= 4 is 43.5 Å². The number of aliphatic carboxylic acids is 1. The molecule has 4 nitrogen and oxygen atoms in total. The number of benzene rings is 2. The van der Waals surface area contributed by atoms with Crippen molar-refractivity contribution in [3.8, 4) is 5.75 Å². The molecule has 0 aliphatic heterocycles. The molecular weight excluding hydrogens is 507 g/mol.